The Balaban J connectivity index is 2.35. The van der Waals surface area contributed by atoms with Gasteiger partial charge in [0.25, 0.3) is 0 Å². The van der Waals surface area contributed by atoms with Gasteiger partial charge < -0.3 is 0 Å². The molecule has 21 heavy (non-hydrogen) atoms. The Morgan fingerprint density at radius 1 is 1.14 bits per heavy atom. The molecular weight excluding hydrogens is 290 g/mol. The molecule has 0 bridgehead atoms. The van der Waals surface area contributed by atoms with E-state index < -0.39 is 10.0 Å². The van der Waals surface area contributed by atoms with Crippen molar-refractivity contribution < 1.29 is 8.42 Å². The van der Waals surface area contributed by atoms with E-state index in [1.807, 2.05) is 27.1 Å². The summed E-state index contributed by atoms with van der Waals surface area (Å²) in [5, 5.41) is 8.40. The number of aromatic nitrogens is 4. The summed E-state index contributed by atoms with van der Waals surface area (Å²) in [6.45, 7) is 7.11. The molecule has 116 valence electrons. The van der Waals surface area contributed by atoms with Crippen LogP contribution < -0.4 is 4.72 Å². The predicted molar refractivity (Wildman–Crippen MR) is 79.4 cm³/mol. The average Bonchev–Trinajstić information content (AvgIpc) is 2.79. The fraction of sp³-hybridized carbons (Fsp3) is 0.538. The molecule has 0 saturated carbocycles. The van der Waals surface area contributed by atoms with E-state index >= 15 is 0 Å². The van der Waals surface area contributed by atoms with Crippen LogP contribution in [0, 0.1) is 20.8 Å². The van der Waals surface area contributed by atoms with Gasteiger partial charge in [0.05, 0.1) is 17.1 Å². The van der Waals surface area contributed by atoms with E-state index in [2.05, 4.69) is 14.9 Å². The Hall–Kier alpha value is -1.67. The fourth-order valence-electron chi connectivity index (χ4n) is 2.54. The van der Waals surface area contributed by atoms with E-state index in [1.54, 1.807) is 30.3 Å². The molecule has 0 aliphatic rings. The Kier molecular flexibility index (Phi) is 3.94. The van der Waals surface area contributed by atoms with Crippen molar-refractivity contribution >= 4 is 10.0 Å². The first-order chi connectivity index (χ1) is 9.63. The molecule has 0 radical (unpaired) electrons. The molecule has 7 nitrogen and oxygen atoms in total. The number of hydrogen-bond donors (Lipinski definition) is 1. The Labute approximate surface area is 125 Å². The molecule has 2 aromatic heterocycles. The van der Waals surface area contributed by atoms with Crippen molar-refractivity contribution in [3.63, 3.8) is 0 Å². The van der Waals surface area contributed by atoms with Crippen LogP contribution in [0.25, 0.3) is 0 Å². The van der Waals surface area contributed by atoms with Crippen LogP contribution in [-0.4, -0.2) is 28.0 Å². The van der Waals surface area contributed by atoms with E-state index in [0.717, 1.165) is 11.3 Å². The highest BCUT2D eigenvalue weighted by atomic mass is 32.2. The maximum atomic E-state index is 12.6. The molecule has 0 aliphatic carbocycles. The van der Waals surface area contributed by atoms with Crippen LogP contribution in [-0.2, 0) is 24.1 Å². The first kappa shape index (κ1) is 15.7. The quantitative estimate of drug-likeness (QED) is 0.917. The molecule has 0 spiro atoms. The van der Waals surface area contributed by atoms with Gasteiger partial charge in [0.1, 0.15) is 4.90 Å². The van der Waals surface area contributed by atoms with E-state index in [1.165, 1.54) is 0 Å². The molecule has 0 fully saturated rings. The van der Waals surface area contributed by atoms with Crippen molar-refractivity contribution in [2.75, 3.05) is 0 Å². The average molecular weight is 311 g/mol. The van der Waals surface area contributed by atoms with Crippen LogP contribution in [0.15, 0.2) is 11.1 Å². The van der Waals surface area contributed by atoms with Crippen molar-refractivity contribution in [3.8, 4) is 0 Å². The minimum absolute atomic E-state index is 0.249. The number of nitrogens with one attached hydrogen (secondary N) is 1. The summed E-state index contributed by atoms with van der Waals surface area (Å²) in [4.78, 5) is 0.249. The van der Waals surface area contributed by atoms with E-state index in [0.29, 0.717) is 11.4 Å². The minimum Gasteiger partial charge on any atom is -0.275 e. The molecular formula is C13H21N5O2S. The second-order valence-electron chi connectivity index (χ2n) is 5.31. The maximum Gasteiger partial charge on any atom is 0.244 e. The predicted octanol–water partition coefficient (Wildman–Crippen LogP) is 1.12. The topological polar surface area (TPSA) is 81.8 Å². The summed E-state index contributed by atoms with van der Waals surface area (Å²) < 4.78 is 31.1. The van der Waals surface area contributed by atoms with Gasteiger partial charge in [-0.15, -0.1) is 0 Å². The van der Waals surface area contributed by atoms with E-state index in [-0.39, 0.29) is 10.9 Å². The lowest BCUT2D eigenvalue weighted by atomic mass is 10.1. The van der Waals surface area contributed by atoms with Gasteiger partial charge in [-0.05, 0) is 27.7 Å². The fourth-order valence-corrected chi connectivity index (χ4v) is 4.20. The monoisotopic (exact) mass is 311 g/mol. The van der Waals surface area contributed by atoms with Crippen LogP contribution in [0.1, 0.15) is 35.6 Å². The second-order valence-corrected chi connectivity index (χ2v) is 6.96. The zero-order valence-corrected chi connectivity index (χ0v) is 14.0. The molecule has 1 N–H and O–H groups in total. The zero-order chi connectivity index (χ0) is 15.9. The third-order valence-corrected chi connectivity index (χ3v) is 5.35. The molecule has 2 rings (SSSR count). The summed E-state index contributed by atoms with van der Waals surface area (Å²) in [6.07, 6.45) is 1.82. The Bertz CT molecular complexity index is 773. The maximum absolute atomic E-state index is 12.6. The highest BCUT2D eigenvalue weighted by Crippen LogP contribution is 2.22. The van der Waals surface area contributed by atoms with Crippen LogP contribution in [0.2, 0.25) is 0 Å². The van der Waals surface area contributed by atoms with E-state index in [4.69, 9.17) is 0 Å². The molecule has 8 heteroatoms. The normalized spacial score (nSPS) is 13.6. The summed E-state index contributed by atoms with van der Waals surface area (Å²) in [5.41, 5.74) is 2.79. The van der Waals surface area contributed by atoms with Gasteiger partial charge in [0, 0.05) is 31.9 Å². The van der Waals surface area contributed by atoms with Crippen LogP contribution in [0.4, 0.5) is 0 Å². The van der Waals surface area contributed by atoms with Gasteiger partial charge in [0.2, 0.25) is 10.0 Å². The minimum atomic E-state index is -3.63. The molecule has 0 saturated heterocycles. The summed E-state index contributed by atoms with van der Waals surface area (Å²) in [6, 6.07) is -0.359. The molecule has 2 heterocycles. The molecule has 0 amide bonds. The summed E-state index contributed by atoms with van der Waals surface area (Å²) >= 11 is 0. The third kappa shape index (κ3) is 2.86. The smallest absolute Gasteiger partial charge is 0.244 e. The second kappa shape index (κ2) is 5.27. The standard InChI is InChI=1S/C13H21N5O2S/c1-8-12(7-17(5)14-8)9(2)16-21(19,20)13-10(3)15-18(6)11(13)4/h7,9,16H,1-6H3. The highest BCUT2D eigenvalue weighted by molar-refractivity contribution is 7.89. The highest BCUT2D eigenvalue weighted by Gasteiger charge is 2.26. The lowest BCUT2D eigenvalue weighted by Gasteiger charge is -2.14. The summed E-state index contributed by atoms with van der Waals surface area (Å²) in [7, 11) is -0.0812. The first-order valence-corrected chi connectivity index (χ1v) is 8.14. The molecule has 0 aromatic carbocycles. The SMILES string of the molecule is Cc1nn(C)cc1C(C)NS(=O)(=O)c1c(C)nn(C)c1C. The van der Waals surface area contributed by atoms with Crippen molar-refractivity contribution in [3.05, 3.63) is 28.8 Å². The van der Waals surface area contributed by atoms with Gasteiger partial charge >= 0.3 is 0 Å². The van der Waals surface area contributed by atoms with Crippen LogP contribution in [0.3, 0.4) is 0 Å². The van der Waals surface area contributed by atoms with Crippen molar-refractivity contribution in [1.82, 2.24) is 24.3 Å². The molecule has 2 aromatic rings. The van der Waals surface area contributed by atoms with Gasteiger partial charge in [0.15, 0.2) is 0 Å². The molecule has 1 unspecified atom stereocenters. The number of aryl methyl sites for hydroxylation is 4. The Morgan fingerprint density at radius 2 is 1.76 bits per heavy atom. The largest absolute Gasteiger partial charge is 0.275 e. The number of nitrogens with zero attached hydrogens (tertiary/aromatic N) is 4. The number of sulfonamides is 1. The lowest BCUT2D eigenvalue weighted by molar-refractivity contribution is 0.565. The zero-order valence-electron chi connectivity index (χ0n) is 13.2. The van der Waals surface area contributed by atoms with Crippen molar-refractivity contribution in [1.29, 1.82) is 0 Å². The van der Waals surface area contributed by atoms with Crippen molar-refractivity contribution in [2.45, 2.75) is 38.6 Å². The molecule has 0 aliphatic heterocycles. The van der Waals surface area contributed by atoms with Crippen LogP contribution in [0.5, 0.6) is 0 Å². The third-order valence-electron chi connectivity index (χ3n) is 3.56. The van der Waals surface area contributed by atoms with Gasteiger partial charge in [-0.3, -0.25) is 9.36 Å². The molecule has 1 atom stereocenters. The number of rotatable bonds is 4. The van der Waals surface area contributed by atoms with Gasteiger partial charge in [-0.25, -0.2) is 13.1 Å². The van der Waals surface area contributed by atoms with Crippen LogP contribution >= 0.6 is 0 Å². The van der Waals surface area contributed by atoms with Gasteiger partial charge in [-0.1, -0.05) is 0 Å². The lowest BCUT2D eigenvalue weighted by Crippen LogP contribution is -2.28. The van der Waals surface area contributed by atoms with Crippen molar-refractivity contribution in [2.24, 2.45) is 14.1 Å². The Morgan fingerprint density at radius 3 is 2.19 bits per heavy atom. The summed E-state index contributed by atoms with van der Waals surface area (Å²) in [5.74, 6) is 0. The van der Waals surface area contributed by atoms with E-state index in [9.17, 15) is 8.42 Å². The number of hydrogen-bond acceptors (Lipinski definition) is 4. The van der Waals surface area contributed by atoms with Gasteiger partial charge in [-0.2, -0.15) is 10.2 Å². The first-order valence-electron chi connectivity index (χ1n) is 6.66.